The Hall–Kier alpha value is -4.33. The number of aromatic nitrogens is 2. The van der Waals surface area contributed by atoms with E-state index in [1.807, 2.05) is 78.6 Å². The number of ether oxygens (including phenoxy) is 2. The maximum atomic E-state index is 14.2. The Labute approximate surface area is 260 Å². The number of benzene rings is 3. The molecule has 3 aromatic carbocycles. The second kappa shape index (κ2) is 14.4. The lowest BCUT2D eigenvalue weighted by Gasteiger charge is -2.34. The predicted molar refractivity (Wildman–Crippen MR) is 175 cm³/mol. The summed E-state index contributed by atoms with van der Waals surface area (Å²) in [5.41, 5.74) is 3.44. The lowest BCUT2D eigenvalue weighted by atomic mass is 9.95. The van der Waals surface area contributed by atoms with Gasteiger partial charge in [-0.15, -0.1) is 0 Å². The van der Waals surface area contributed by atoms with Gasteiger partial charge in [0.05, 0.1) is 36.9 Å². The number of rotatable bonds is 11. The second-order valence-corrected chi connectivity index (χ2v) is 11.5. The molecule has 1 unspecified atom stereocenters. The number of aryl methyl sites for hydroxylation is 1. The number of methoxy groups -OCH3 is 2. The highest BCUT2D eigenvalue weighted by atomic mass is 16.5. The first-order valence-electron chi connectivity index (χ1n) is 15.9. The molecule has 5 rings (SSSR count). The lowest BCUT2D eigenvalue weighted by molar-refractivity contribution is 0.162. The lowest BCUT2D eigenvalue weighted by Crippen LogP contribution is -2.48. The molecule has 1 fully saturated rings. The van der Waals surface area contributed by atoms with Crippen LogP contribution in [0.5, 0.6) is 11.5 Å². The van der Waals surface area contributed by atoms with Crippen LogP contribution in [0, 0.1) is 0 Å². The van der Waals surface area contributed by atoms with Gasteiger partial charge in [0.1, 0.15) is 5.82 Å². The largest absolute Gasteiger partial charge is 0.493 e. The highest BCUT2D eigenvalue weighted by molar-refractivity contribution is 5.78. The summed E-state index contributed by atoms with van der Waals surface area (Å²) >= 11 is 0. The summed E-state index contributed by atoms with van der Waals surface area (Å²) in [6.45, 7) is 4.59. The van der Waals surface area contributed by atoms with Gasteiger partial charge in [0.15, 0.2) is 11.5 Å². The van der Waals surface area contributed by atoms with E-state index < -0.39 is 6.04 Å². The molecule has 1 N–H and O–H groups in total. The van der Waals surface area contributed by atoms with Crippen molar-refractivity contribution in [2.24, 2.45) is 0 Å². The Morgan fingerprint density at radius 2 is 1.66 bits per heavy atom. The quantitative estimate of drug-likeness (QED) is 0.201. The molecule has 1 aromatic heterocycles. The number of urea groups is 1. The topological polar surface area (TPSA) is 85.7 Å². The van der Waals surface area contributed by atoms with Crippen LogP contribution >= 0.6 is 0 Å². The van der Waals surface area contributed by atoms with Gasteiger partial charge in [0, 0.05) is 12.6 Å². The molecule has 1 atom stereocenters. The summed E-state index contributed by atoms with van der Waals surface area (Å²) in [5.74, 6) is 1.87. The first-order chi connectivity index (χ1) is 21.5. The van der Waals surface area contributed by atoms with Crippen molar-refractivity contribution in [3.8, 4) is 17.2 Å². The molecule has 1 heterocycles. The third-order valence-electron chi connectivity index (χ3n) is 8.75. The van der Waals surface area contributed by atoms with Crippen LogP contribution < -0.4 is 20.3 Å². The predicted octanol–water partition coefficient (Wildman–Crippen LogP) is 7.00. The van der Waals surface area contributed by atoms with E-state index in [2.05, 4.69) is 12.2 Å². The molecule has 232 valence electrons. The fourth-order valence-corrected chi connectivity index (χ4v) is 6.24. The molecule has 2 amide bonds. The molecule has 8 nitrogen and oxygen atoms in total. The van der Waals surface area contributed by atoms with E-state index in [1.54, 1.807) is 18.8 Å². The van der Waals surface area contributed by atoms with Gasteiger partial charge < -0.3 is 19.7 Å². The van der Waals surface area contributed by atoms with Crippen LogP contribution in [0.25, 0.3) is 16.6 Å². The molecule has 1 saturated carbocycles. The number of hydrogen-bond donors (Lipinski definition) is 1. The van der Waals surface area contributed by atoms with Crippen LogP contribution in [0.4, 0.5) is 4.79 Å². The smallest absolute Gasteiger partial charge is 0.318 e. The minimum atomic E-state index is -0.443. The second-order valence-electron chi connectivity index (χ2n) is 11.5. The monoisotopic (exact) mass is 596 g/mol. The first kappa shape index (κ1) is 31.1. The van der Waals surface area contributed by atoms with E-state index in [1.165, 1.54) is 12.0 Å². The molecule has 0 spiro atoms. The fraction of sp³-hybridized carbons (Fsp3) is 0.417. The Balaban J connectivity index is 1.59. The SMILES string of the molecule is CCc1ccc(-n2c(C(CC)N(CCc3ccc(OC)c(OC)c3)C(=O)NC3CCCCC3)nc3ccccc3c2=O)cc1. The van der Waals surface area contributed by atoms with Crippen molar-refractivity contribution in [1.29, 1.82) is 0 Å². The molecule has 1 aliphatic rings. The number of nitrogens with one attached hydrogen (secondary N) is 1. The summed E-state index contributed by atoms with van der Waals surface area (Å²) < 4.78 is 12.7. The van der Waals surface area contributed by atoms with E-state index in [-0.39, 0.29) is 17.6 Å². The standard InChI is InChI=1S/C36H44N4O4/c1-5-25-16-19-28(20-17-25)40-34(38-30-15-11-10-14-29(30)35(40)41)31(6-2)39(36(42)37-27-12-8-7-9-13-27)23-22-26-18-21-32(43-3)33(24-26)44-4/h10-11,14-21,24,27,31H,5-9,12-13,22-23H2,1-4H3,(H,37,42). The molecule has 0 aliphatic heterocycles. The van der Waals surface area contributed by atoms with Crippen LogP contribution in [-0.2, 0) is 12.8 Å². The van der Waals surface area contributed by atoms with Gasteiger partial charge in [-0.05, 0) is 79.6 Å². The van der Waals surface area contributed by atoms with Crippen LogP contribution in [-0.4, -0.2) is 47.3 Å². The van der Waals surface area contributed by atoms with Crippen LogP contribution in [0.15, 0.2) is 71.5 Å². The Kier molecular flexibility index (Phi) is 10.2. The van der Waals surface area contributed by atoms with Crippen LogP contribution in [0.3, 0.4) is 0 Å². The zero-order valence-corrected chi connectivity index (χ0v) is 26.3. The maximum Gasteiger partial charge on any atom is 0.318 e. The van der Waals surface area contributed by atoms with Crippen LogP contribution in [0.2, 0.25) is 0 Å². The van der Waals surface area contributed by atoms with Crippen molar-refractivity contribution in [3.63, 3.8) is 0 Å². The van der Waals surface area contributed by atoms with E-state index in [4.69, 9.17) is 14.5 Å². The summed E-state index contributed by atoms with van der Waals surface area (Å²) in [4.78, 5) is 35.2. The number of amides is 2. The number of nitrogens with zero attached hydrogens (tertiary/aromatic N) is 3. The van der Waals surface area contributed by atoms with Gasteiger partial charge in [0.25, 0.3) is 5.56 Å². The zero-order chi connectivity index (χ0) is 31.1. The zero-order valence-electron chi connectivity index (χ0n) is 26.3. The highest BCUT2D eigenvalue weighted by Gasteiger charge is 2.30. The van der Waals surface area contributed by atoms with Crippen LogP contribution in [0.1, 0.15) is 75.4 Å². The number of hydrogen-bond acceptors (Lipinski definition) is 5. The van der Waals surface area contributed by atoms with E-state index >= 15 is 0 Å². The minimum absolute atomic E-state index is 0.125. The molecule has 4 aromatic rings. The van der Waals surface area contributed by atoms with Gasteiger partial charge in [-0.25, -0.2) is 9.78 Å². The molecule has 0 radical (unpaired) electrons. The Bertz CT molecular complexity index is 1630. The minimum Gasteiger partial charge on any atom is -0.493 e. The van der Waals surface area contributed by atoms with Crippen molar-refractivity contribution >= 4 is 16.9 Å². The molecule has 8 heteroatoms. The normalized spacial score (nSPS) is 14.3. The van der Waals surface area contributed by atoms with Crippen molar-refractivity contribution in [2.75, 3.05) is 20.8 Å². The highest BCUT2D eigenvalue weighted by Crippen LogP contribution is 2.30. The van der Waals surface area contributed by atoms with E-state index in [0.717, 1.165) is 43.4 Å². The Morgan fingerprint density at radius 3 is 2.34 bits per heavy atom. The van der Waals surface area contributed by atoms with E-state index in [0.29, 0.717) is 47.6 Å². The number of fused-ring (bicyclic) bond motifs is 1. The van der Waals surface area contributed by atoms with E-state index in [9.17, 15) is 9.59 Å². The third kappa shape index (κ3) is 6.74. The van der Waals surface area contributed by atoms with Gasteiger partial charge in [-0.3, -0.25) is 9.36 Å². The summed E-state index contributed by atoms with van der Waals surface area (Å²) in [5, 5.41) is 3.88. The number of carbonyl (C=O) groups is 1. The van der Waals surface area contributed by atoms with Crippen molar-refractivity contribution < 1.29 is 14.3 Å². The fourth-order valence-electron chi connectivity index (χ4n) is 6.24. The molecule has 1 aliphatic carbocycles. The maximum absolute atomic E-state index is 14.2. The van der Waals surface area contributed by atoms with Gasteiger partial charge in [-0.1, -0.05) is 63.4 Å². The van der Waals surface area contributed by atoms with Gasteiger partial charge in [0.2, 0.25) is 0 Å². The molecular weight excluding hydrogens is 552 g/mol. The Morgan fingerprint density at radius 1 is 0.955 bits per heavy atom. The van der Waals surface area contributed by atoms with Crippen molar-refractivity contribution in [3.05, 3.63) is 94.0 Å². The third-order valence-corrected chi connectivity index (χ3v) is 8.75. The van der Waals surface area contributed by atoms with Gasteiger partial charge in [-0.2, -0.15) is 0 Å². The summed E-state index contributed by atoms with van der Waals surface area (Å²) in [7, 11) is 3.24. The number of para-hydroxylation sites is 1. The first-order valence-corrected chi connectivity index (χ1v) is 15.9. The average Bonchev–Trinajstić information content (AvgIpc) is 3.07. The number of carbonyl (C=O) groups excluding carboxylic acids is 1. The van der Waals surface area contributed by atoms with Crippen molar-refractivity contribution in [2.45, 2.75) is 77.3 Å². The molecule has 0 bridgehead atoms. The van der Waals surface area contributed by atoms with Crippen molar-refractivity contribution in [1.82, 2.24) is 19.8 Å². The average molecular weight is 597 g/mol. The summed E-state index contributed by atoms with van der Waals surface area (Å²) in [6, 6.07) is 20.9. The molecule has 44 heavy (non-hydrogen) atoms. The molecular formula is C36H44N4O4. The summed E-state index contributed by atoms with van der Waals surface area (Å²) in [6.07, 6.45) is 7.49. The molecule has 0 saturated heterocycles. The van der Waals surface area contributed by atoms with Gasteiger partial charge >= 0.3 is 6.03 Å².